The van der Waals surface area contributed by atoms with Gasteiger partial charge in [-0.2, -0.15) is 0 Å². The molecule has 8 heteroatoms. The fourth-order valence-corrected chi connectivity index (χ4v) is 4.80. The number of carbonyl (C=O) groups excluding carboxylic acids is 2. The molecule has 0 saturated heterocycles. The average Bonchev–Trinajstić information content (AvgIpc) is 3.14. The van der Waals surface area contributed by atoms with Crippen LogP contribution >= 0.6 is 22.6 Å². The third-order valence-electron chi connectivity index (χ3n) is 5.76. The van der Waals surface area contributed by atoms with Gasteiger partial charge in [0.2, 0.25) is 0 Å². The zero-order chi connectivity index (χ0) is 24.2. The minimum absolute atomic E-state index is 0.0580. The van der Waals surface area contributed by atoms with Crippen molar-refractivity contribution in [3.63, 3.8) is 0 Å². The largest absolute Gasteiger partial charge is 0.480 e. The number of carboxylic acid groups (broad SMARTS) is 1. The summed E-state index contributed by atoms with van der Waals surface area (Å²) in [5.41, 5.74) is 5.17. The van der Waals surface area contributed by atoms with Gasteiger partial charge in [0, 0.05) is 20.7 Å². The van der Waals surface area contributed by atoms with E-state index in [1.54, 1.807) is 19.1 Å². The lowest BCUT2D eigenvalue weighted by Crippen LogP contribution is -2.40. The van der Waals surface area contributed by atoms with Crippen molar-refractivity contribution in [1.29, 1.82) is 0 Å². The SMILES string of the molecule is CCC(NC(=O)c1cc(I)cc(NC(=O)OCC2c3ccccc3-c3ccccc32)c1)C(=O)O. The van der Waals surface area contributed by atoms with Crippen LogP contribution in [0.5, 0.6) is 0 Å². The van der Waals surface area contributed by atoms with Gasteiger partial charge >= 0.3 is 12.1 Å². The molecule has 1 unspecified atom stereocenters. The number of fused-ring (bicyclic) bond motifs is 3. The van der Waals surface area contributed by atoms with Crippen LogP contribution in [0.1, 0.15) is 40.7 Å². The fraction of sp³-hybridized carbons (Fsp3) is 0.192. The van der Waals surface area contributed by atoms with Gasteiger partial charge < -0.3 is 15.2 Å². The Bertz CT molecular complexity index is 1210. The molecule has 174 valence electrons. The highest BCUT2D eigenvalue weighted by atomic mass is 127. The molecule has 1 atom stereocenters. The van der Waals surface area contributed by atoms with E-state index >= 15 is 0 Å². The summed E-state index contributed by atoms with van der Waals surface area (Å²) < 4.78 is 6.28. The van der Waals surface area contributed by atoms with E-state index in [2.05, 4.69) is 22.8 Å². The van der Waals surface area contributed by atoms with Crippen molar-refractivity contribution in [3.05, 3.63) is 87.0 Å². The predicted octanol–water partition coefficient (Wildman–Crippen LogP) is 5.25. The van der Waals surface area contributed by atoms with Crippen molar-refractivity contribution < 1.29 is 24.2 Å². The van der Waals surface area contributed by atoms with Crippen molar-refractivity contribution >= 4 is 46.2 Å². The molecule has 34 heavy (non-hydrogen) atoms. The normalized spacial score (nSPS) is 12.9. The van der Waals surface area contributed by atoms with Crippen LogP contribution in [0.2, 0.25) is 0 Å². The summed E-state index contributed by atoms with van der Waals surface area (Å²) in [7, 11) is 0. The number of rotatable bonds is 7. The molecule has 0 radical (unpaired) electrons. The van der Waals surface area contributed by atoms with Gasteiger partial charge in [-0.15, -0.1) is 0 Å². The Hall–Kier alpha value is -3.40. The summed E-state index contributed by atoms with van der Waals surface area (Å²) in [6.07, 6.45) is -0.372. The van der Waals surface area contributed by atoms with Gasteiger partial charge in [0.15, 0.2) is 0 Å². The number of amides is 2. The van der Waals surface area contributed by atoms with Crippen LogP contribution in [-0.4, -0.2) is 35.7 Å². The van der Waals surface area contributed by atoms with Crippen molar-refractivity contribution in [1.82, 2.24) is 5.32 Å². The lowest BCUT2D eigenvalue weighted by Gasteiger charge is -2.15. The summed E-state index contributed by atoms with van der Waals surface area (Å²) in [5.74, 6) is -1.68. The number of nitrogens with one attached hydrogen (secondary N) is 2. The third kappa shape index (κ3) is 5.06. The maximum Gasteiger partial charge on any atom is 0.411 e. The van der Waals surface area contributed by atoms with Crippen molar-refractivity contribution in [2.75, 3.05) is 11.9 Å². The zero-order valence-electron chi connectivity index (χ0n) is 18.4. The van der Waals surface area contributed by atoms with E-state index < -0.39 is 24.0 Å². The molecule has 0 heterocycles. The molecule has 7 nitrogen and oxygen atoms in total. The zero-order valence-corrected chi connectivity index (χ0v) is 20.5. The van der Waals surface area contributed by atoms with Crippen LogP contribution in [0.15, 0.2) is 66.7 Å². The molecule has 3 aromatic carbocycles. The molecule has 0 bridgehead atoms. The molecule has 2 amide bonds. The third-order valence-corrected chi connectivity index (χ3v) is 6.38. The Morgan fingerprint density at radius 2 is 1.62 bits per heavy atom. The first-order valence-electron chi connectivity index (χ1n) is 10.8. The number of halogens is 1. The Labute approximate surface area is 210 Å². The van der Waals surface area contributed by atoms with Gasteiger partial charge in [-0.3, -0.25) is 10.1 Å². The highest BCUT2D eigenvalue weighted by Crippen LogP contribution is 2.44. The van der Waals surface area contributed by atoms with Gasteiger partial charge in [0.05, 0.1) is 0 Å². The molecule has 4 rings (SSSR count). The first kappa shape index (κ1) is 23.7. The minimum atomic E-state index is -1.10. The maximum absolute atomic E-state index is 12.6. The molecule has 0 spiro atoms. The minimum Gasteiger partial charge on any atom is -0.480 e. The fourth-order valence-electron chi connectivity index (χ4n) is 4.13. The molecule has 3 N–H and O–H groups in total. The van der Waals surface area contributed by atoms with Crippen LogP contribution in [0.3, 0.4) is 0 Å². The van der Waals surface area contributed by atoms with Crippen LogP contribution in [0, 0.1) is 3.57 Å². The number of aliphatic carboxylic acids is 1. The summed E-state index contributed by atoms with van der Waals surface area (Å²) >= 11 is 2.03. The molecular weight excluding hydrogens is 547 g/mol. The smallest absolute Gasteiger partial charge is 0.411 e. The quantitative estimate of drug-likeness (QED) is 0.337. The lowest BCUT2D eigenvalue weighted by molar-refractivity contribution is -0.139. The van der Waals surface area contributed by atoms with Crippen molar-refractivity contribution in [2.45, 2.75) is 25.3 Å². The number of hydrogen-bond donors (Lipinski definition) is 3. The summed E-state index contributed by atoms with van der Waals surface area (Å²) in [6, 6.07) is 20.0. The monoisotopic (exact) mass is 570 g/mol. The van der Waals surface area contributed by atoms with Crippen LogP contribution in [0.4, 0.5) is 10.5 Å². The Balaban J connectivity index is 1.44. The van der Waals surface area contributed by atoms with Crippen molar-refractivity contribution in [3.8, 4) is 11.1 Å². The Morgan fingerprint density at radius 1 is 1.00 bits per heavy atom. The molecule has 1 aliphatic carbocycles. The molecular formula is C26H23IN2O5. The standard InChI is InChI=1S/C26H23IN2O5/c1-2-23(25(31)32)29-24(30)15-11-16(27)13-17(12-15)28-26(33)34-14-22-20-9-5-3-7-18(20)19-8-4-6-10-21(19)22/h3-13,22-23H,2,14H2,1H3,(H,28,33)(H,29,30)(H,31,32). The molecule has 0 aliphatic heterocycles. The number of anilines is 1. The van der Waals surface area contributed by atoms with E-state index in [1.165, 1.54) is 6.07 Å². The summed E-state index contributed by atoms with van der Waals surface area (Å²) in [6.45, 7) is 1.85. The average molecular weight is 570 g/mol. The van der Waals surface area contributed by atoms with Gasteiger partial charge in [-0.25, -0.2) is 9.59 Å². The summed E-state index contributed by atoms with van der Waals surface area (Å²) in [4.78, 5) is 36.3. The number of carboxylic acids is 1. The van der Waals surface area contributed by atoms with E-state index in [0.717, 1.165) is 22.3 Å². The predicted molar refractivity (Wildman–Crippen MR) is 137 cm³/mol. The van der Waals surface area contributed by atoms with Crippen LogP contribution in [0.25, 0.3) is 11.1 Å². The van der Waals surface area contributed by atoms with E-state index in [9.17, 15) is 19.5 Å². The van der Waals surface area contributed by atoms with Crippen LogP contribution in [-0.2, 0) is 9.53 Å². The molecule has 0 fully saturated rings. The second-order valence-electron chi connectivity index (χ2n) is 7.95. The van der Waals surface area contributed by atoms with Gasteiger partial charge in [0.25, 0.3) is 5.91 Å². The topological polar surface area (TPSA) is 105 Å². The molecule has 1 aliphatic rings. The second kappa shape index (κ2) is 10.3. The number of hydrogen-bond acceptors (Lipinski definition) is 4. The maximum atomic E-state index is 12.6. The lowest BCUT2D eigenvalue weighted by atomic mass is 9.98. The number of ether oxygens (including phenoxy) is 1. The van der Waals surface area contributed by atoms with E-state index in [-0.39, 0.29) is 24.5 Å². The van der Waals surface area contributed by atoms with Crippen LogP contribution < -0.4 is 10.6 Å². The molecule has 0 saturated carbocycles. The van der Waals surface area contributed by atoms with E-state index in [1.807, 2.05) is 59.0 Å². The van der Waals surface area contributed by atoms with E-state index in [4.69, 9.17) is 4.74 Å². The van der Waals surface area contributed by atoms with Gasteiger partial charge in [-0.1, -0.05) is 55.5 Å². The highest BCUT2D eigenvalue weighted by molar-refractivity contribution is 14.1. The van der Waals surface area contributed by atoms with E-state index in [0.29, 0.717) is 9.26 Å². The summed E-state index contributed by atoms with van der Waals surface area (Å²) in [5, 5.41) is 14.3. The second-order valence-corrected chi connectivity index (χ2v) is 9.20. The molecule has 0 aromatic heterocycles. The molecule has 3 aromatic rings. The number of carbonyl (C=O) groups is 3. The van der Waals surface area contributed by atoms with Crippen molar-refractivity contribution in [2.24, 2.45) is 0 Å². The first-order valence-corrected chi connectivity index (χ1v) is 11.9. The van der Waals surface area contributed by atoms with Gasteiger partial charge in [-0.05, 0) is 69.5 Å². The first-order chi connectivity index (χ1) is 16.4. The van der Waals surface area contributed by atoms with Gasteiger partial charge in [0.1, 0.15) is 12.6 Å². The highest BCUT2D eigenvalue weighted by Gasteiger charge is 2.29. The Morgan fingerprint density at radius 3 is 2.21 bits per heavy atom. The number of benzene rings is 3. The Kier molecular flexibility index (Phi) is 7.16.